The van der Waals surface area contributed by atoms with Gasteiger partial charge >= 0.3 is 0 Å². The third-order valence-corrected chi connectivity index (χ3v) is 4.84. The van der Waals surface area contributed by atoms with Gasteiger partial charge in [0, 0.05) is 25.8 Å². The third kappa shape index (κ3) is 3.44. The monoisotopic (exact) mass is 374 g/mol. The highest BCUT2D eigenvalue weighted by Crippen LogP contribution is 2.36. The van der Waals surface area contributed by atoms with Gasteiger partial charge in [0.05, 0.1) is 17.1 Å². The van der Waals surface area contributed by atoms with Gasteiger partial charge in [-0.25, -0.2) is 9.98 Å². The van der Waals surface area contributed by atoms with E-state index in [9.17, 15) is 4.79 Å². The lowest BCUT2D eigenvalue weighted by molar-refractivity contribution is 0.671. The van der Waals surface area contributed by atoms with E-state index in [0.717, 1.165) is 22.6 Å². The Morgan fingerprint density at radius 3 is 2.82 bits per heavy atom. The molecule has 0 bridgehead atoms. The van der Waals surface area contributed by atoms with E-state index in [1.807, 2.05) is 36.1 Å². The molecule has 1 aliphatic heterocycles. The summed E-state index contributed by atoms with van der Waals surface area (Å²) in [6, 6.07) is 9.97. The van der Waals surface area contributed by atoms with Crippen molar-refractivity contribution in [3.05, 3.63) is 74.5 Å². The zero-order valence-corrected chi connectivity index (χ0v) is 16.0. The molecule has 1 aromatic carbocycles. The number of aryl methyl sites for hydroxylation is 2. The highest BCUT2D eigenvalue weighted by molar-refractivity contribution is 5.77. The maximum absolute atomic E-state index is 12.4. The highest BCUT2D eigenvalue weighted by atomic mass is 16.1. The summed E-state index contributed by atoms with van der Waals surface area (Å²) in [5.41, 5.74) is 5.08. The van der Waals surface area contributed by atoms with Crippen LogP contribution in [-0.2, 0) is 6.54 Å². The number of hydrogen-bond acceptors (Lipinski definition) is 6. The predicted octanol–water partition coefficient (Wildman–Crippen LogP) is 1.38. The van der Waals surface area contributed by atoms with Crippen molar-refractivity contribution < 1.29 is 0 Å². The molecule has 0 saturated carbocycles. The van der Waals surface area contributed by atoms with Crippen LogP contribution in [0.1, 0.15) is 16.8 Å². The second-order valence-electron chi connectivity index (χ2n) is 6.87. The fraction of sp³-hybridized carbons (Fsp3) is 0.238. The van der Waals surface area contributed by atoms with Crippen molar-refractivity contribution in [3.63, 3.8) is 0 Å². The number of H-pyrrole nitrogens is 1. The molecule has 142 valence electrons. The Balaban J connectivity index is 1.66. The highest BCUT2D eigenvalue weighted by Gasteiger charge is 2.23. The molecule has 0 aliphatic carbocycles. The summed E-state index contributed by atoms with van der Waals surface area (Å²) < 4.78 is 0. The van der Waals surface area contributed by atoms with Crippen LogP contribution in [0.5, 0.6) is 0 Å². The van der Waals surface area contributed by atoms with Crippen molar-refractivity contribution in [3.8, 4) is 0 Å². The Hall–Kier alpha value is -3.32. The zero-order valence-electron chi connectivity index (χ0n) is 16.0. The van der Waals surface area contributed by atoms with Crippen LogP contribution in [0.15, 0.2) is 46.3 Å². The zero-order chi connectivity index (χ0) is 19.7. The van der Waals surface area contributed by atoms with Crippen molar-refractivity contribution in [2.24, 2.45) is 4.99 Å². The minimum Gasteiger partial charge on any atom is -0.321 e. The Labute approximate surface area is 162 Å². The van der Waals surface area contributed by atoms with Gasteiger partial charge in [0.25, 0.3) is 5.56 Å². The number of nitrogens with one attached hydrogen (secondary N) is 2. The molecule has 28 heavy (non-hydrogen) atoms. The molecule has 1 aliphatic rings. The maximum atomic E-state index is 12.4. The summed E-state index contributed by atoms with van der Waals surface area (Å²) >= 11 is 0. The molecule has 0 fully saturated rings. The second-order valence-corrected chi connectivity index (χ2v) is 6.87. The number of fused-ring (bicyclic) bond motifs is 2. The number of rotatable bonds is 5. The summed E-state index contributed by atoms with van der Waals surface area (Å²) in [7, 11) is 0. The van der Waals surface area contributed by atoms with Crippen LogP contribution < -0.4 is 26.6 Å². The number of anilines is 2. The largest absolute Gasteiger partial charge is 0.321 e. The SMILES string of the molecule is C=c1nc2c(c(=O)[nH]1)=Nc1cc(C)c(C)cc1N2CCNCc1ccccn1. The Bertz CT molecular complexity index is 1190. The molecule has 3 aromatic rings. The summed E-state index contributed by atoms with van der Waals surface area (Å²) in [5, 5.41) is 3.73. The van der Waals surface area contributed by atoms with Crippen LogP contribution in [0.25, 0.3) is 6.58 Å². The summed E-state index contributed by atoms with van der Waals surface area (Å²) in [5.74, 6) is 0.545. The molecule has 2 N–H and O–H groups in total. The molecule has 7 heteroatoms. The first kappa shape index (κ1) is 18.1. The Morgan fingerprint density at radius 2 is 2.04 bits per heavy atom. The molecule has 2 aromatic heterocycles. The standard InChI is InChI=1S/C21H22N6O/c1-13-10-17-18(11-14(13)2)27(9-8-22-12-16-6-4-5-7-23-16)20-19(26-17)21(28)25-15(3)24-20/h4-7,10-11,22H,3,8-9,12H2,1-2H3,(H,25,28). The number of pyridine rings is 1. The lowest BCUT2D eigenvalue weighted by Crippen LogP contribution is -2.43. The van der Waals surface area contributed by atoms with E-state index in [0.29, 0.717) is 36.3 Å². The molecule has 0 spiro atoms. The first-order valence-corrected chi connectivity index (χ1v) is 9.20. The van der Waals surface area contributed by atoms with E-state index in [1.165, 1.54) is 5.56 Å². The average molecular weight is 374 g/mol. The topological polar surface area (TPSA) is 86.3 Å². The average Bonchev–Trinajstić information content (AvgIpc) is 2.67. The number of aromatic amines is 1. The van der Waals surface area contributed by atoms with Crippen molar-refractivity contribution in [2.45, 2.75) is 20.4 Å². The van der Waals surface area contributed by atoms with Gasteiger partial charge in [0.2, 0.25) is 0 Å². The maximum Gasteiger partial charge on any atom is 0.279 e. The molecular formula is C21H22N6O. The smallest absolute Gasteiger partial charge is 0.279 e. The molecule has 0 amide bonds. The number of benzene rings is 1. The second kappa shape index (κ2) is 7.36. The van der Waals surface area contributed by atoms with E-state index in [4.69, 9.17) is 0 Å². The Kier molecular flexibility index (Phi) is 4.75. The van der Waals surface area contributed by atoms with Gasteiger partial charge in [-0.3, -0.25) is 9.78 Å². The van der Waals surface area contributed by atoms with E-state index < -0.39 is 0 Å². The summed E-state index contributed by atoms with van der Waals surface area (Å²) in [6.07, 6.45) is 1.78. The first-order valence-electron chi connectivity index (χ1n) is 9.20. The van der Waals surface area contributed by atoms with Crippen LogP contribution in [0.2, 0.25) is 0 Å². The number of hydrogen-bond donors (Lipinski definition) is 2. The van der Waals surface area contributed by atoms with Gasteiger partial charge < -0.3 is 15.2 Å². The summed E-state index contributed by atoms with van der Waals surface area (Å²) in [4.78, 5) is 30.5. The Morgan fingerprint density at radius 1 is 1.21 bits per heavy atom. The first-order chi connectivity index (χ1) is 13.5. The van der Waals surface area contributed by atoms with Crippen LogP contribution in [0.3, 0.4) is 0 Å². The quantitative estimate of drug-likeness (QED) is 0.659. The molecule has 0 radical (unpaired) electrons. The molecule has 7 nitrogen and oxygen atoms in total. The van der Waals surface area contributed by atoms with Crippen molar-refractivity contribution >= 4 is 23.8 Å². The lowest BCUT2D eigenvalue weighted by atomic mass is 10.1. The van der Waals surface area contributed by atoms with Crippen LogP contribution in [-0.4, -0.2) is 28.0 Å². The minimum atomic E-state index is -0.273. The van der Waals surface area contributed by atoms with E-state index >= 15 is 0 Å². The van der Waals surface area contributed by atoms with Crippen LogP contribution in [0, 0.1) is 13.8 Å². The predicted molar refractivity (Wildman–Crippen MR) is 110 cm³/mol. The lowest BCUT2D eigenvalue weighted by Gasteiger charge is -2.28. The van der Waals surface area contributed by atoms with Gasteiger partial charge in [0.15, 0.2) is 11.2 Å². The van der Waals surface area contributed by atoms with Gasteiger partial charge in [-0.1, -0.05) is 12.6 Å². The third-order valence-electron chi connectivity index (χ3n) is 4.84. The van der Waals surface area contributed by atoms with E-state index in [1.54, 1.807) is 6.20 Å². The molecule has 3 heterocycles. The van der Waals surface area contributed by atoms with Crippen LogP contribution >= 0.6 is 0 Å². The van der Waals surface area contributed by atoms with Gasteiger partial charge in [-0.05, 0) is 49.2 Å². The molecule has 0 saturated heterocycles. The van der Waals surface area contributed by atoms with Gasteiger partial charge in [-0.2, -0.15) is 0 Å². The molecule has 0 unspecified atom stereocenters. The van der Waals surface area contributed by atoms with Crippen LogP contribution in [0.4, 0.5) is 17.2 Å². The molecule has 0 atom stereocenters. The van der Waals surface area contributed by atoms with E-state index in [2.05, 4.69) is 44.8 Å². The fourth-order valence-electron chi connectivity index (χ4n) is 3.25. The molecule has 4 rings (SSSR count). The minimum absolute atomic E-state index is 0.273. The van der Waals surface area contributed by atoms with Crippen molar-refractivity contribution in [2.75, 3.05) is 18.0 Å². The van der Waals surface area contributed by atoms with Gasteiger partial charge in [0.1, 0.15) is 5.48 Å². The number of nitrogens with zero attached hydrogens (tertiary/aromatic N) is 4. The van der Waals surface area contributed by atoms with Crippen molar-refractivity contribution in [1.82, 2.24) is 20.3 Å². The summed E-state index contributed by atoms with van der Waals surface area (Å²) in [6.45, 7) is 9.91. The normalized spacial score (nSPS) is 12.3. The van der Waals surface area contributed by atoms with Gasteiger partial charge in [-0.15, -0.1) is 0 Å². The molecular weight excluding hydrogens is 352 g/mol. The number of aromatic nitrogens is 3. The van der Waals surface area contributed by atoms with E-state index in [-0.39, 0.29) is 5.56 Å². The fourth-order valence-corrected chi connectivity index (χ4v) is 3.25. The van der Waals surface area contributed by atoms with Crippen molar-refractivity contribution in [1.29, 1.82) is 0 Å².